The van der Waals surface area contributed by atoms with Crippen molar-refractivity contribution in [2.45, 2.75) is 117 Å². The Labute approximate surface area is 367 Å². The molecule has 0 bridgehead atoms. The second-order valence-electron chi connectivity index (χ2n) is 18.0. The summed E-state index contributed by atoms with van der Waals surface area (Å²) in [4.78, 5) is 81.2. The molecule has 2 atom stereocenters. The van der Waals surface area contributed by atoms with Gasteiger partial charge in [-0.3, -0.25) is 19.5 Å². The maximum absolute atomic E-state index is 13.9. The number of aromatic nitrogens is 2. The maximum Gasteiger partial charge on any atom is 0.418 e. The van der Waals surface area contributed by atoms with E-state index in [-0.39, 0.29) is 16.9 Å². The Balaban J connectivity index is 1.36. The van der Waals surface area contributed by atoms with E-state index in [1.165, 1.54) is 19.2 Å². The highest BCUT2D eigenvalue weighted by Crippen LogP contribution is 2.33. The molecule has 0 spiro atoms. The van der Waals surface area contributed by atoms with Gasteiger partial charge >= 0.3 is 28.6 Å². The molecule has 5 rings (SSSR count). The monoisotopic (exact) mass is 920 g/mol. The number of amides is 4. The molecule has 344 valence electrons. The SMILES string of the molecule is CC(C)(C)OC(=O)Nc1nc(/C(=N/O[C@@H](COc2ccc3c(NC4CN(C(=O)OC(C)(C)C)C4)nccc3c2)C(=O)OC(C)(C)C)C(=O)NC2C(=O)N(OS(=O)(=O)O)C2(C)C)cs1. The number of hydroxylamine groups is 2. The number of esters is 1. The van der Waals surface area contributed by atoms with Crippen molar-refractivity contribution < 1.29 is 65.0 Å². The zero-order chi connectivity index (χ0) is 46.9. The number of β-lactam (4-membered cyclic amide) rings is 1. The van der Waals surface area contributed by atoms with Crippen molar-refractivity contribution in [3.05, 3.63) is 41.5 Å². The smallest absolute Gasteiger partial charge is 0.418 e. The molecule has 2 saturated heterocycles. The van der Waals surface area contributed by atoms with Gasteiger partial charge in [0.15, 0.2) is 10.8 Å². The number of oxime groups is 1. The molecular weight excluding hydrogens is 869 g/mol. The third kappa shape index (κ3) is 13.1. The molecule has 24 heteroatoms. The quantitative estimate of drug-likeness (QED) is 0.0435. The summed E-state index contributed by atoms with van der Waals surface area (Å²) in [6.07, 6.45) is -1.22. The Kier molecular flexibility index (Phi) is 13.8. The molecule has 0 radical (unpaired) electrons. The molecule has 22 nitrogen and oxygen atoms in total. The molecule has 2 fully saturated rings. The molecular formula is C39H52N8O14S2. The second-order valence-corrected chi connectivity index (χ2v) is 19.9. The average Bonchev–Trinajstić information content (AvgIpc) is 3.56. The number of pyridine rings is 1. The lowest BCUT2D eigenvalue weighted by atomic mass is 9.84. The van der Waals surface area contributed by atoms with Crippen molar-refractivity contribution in [3.63, 3.8) is 0 Å². The first-order valence-corrected chi connectivity index (χ1v) is 21.7. The fraction of sp³-hybridized carbons (Fsp3) is 0.538. The van der Waals surface area contributed by atoms with Gasteiger partial charge in [-0.05, 0) is 106 Å². The lowest BCUT2D eigenvalue weighted by molar-refractivity contribution is -0.218. The van der Waals surface area contributed by atoms with Gasteiger partial charge in [-0.25, -0.2) is 24.4 Å². The van der Waals surface area contributed by atoms with Gasteiger partial charge in [0.25, 0.3) is 17.9 Å². The van der Waals surface area contributed by atoms with Crippen molar-refractivity contribution in [1.29, 1.82) is 0 Å². The summed E-state index contributed by atoms with van der Waals surface area (Å²) in [7, 11) is -5.09. The summed E-state index contributed by atoms with van der Waals surface area (Å²) in [5.74, 6) is -2.11. The highest BCUT2D eigenvalue weighted by atomic mass is 32.3. The number of nitrogens with zero attached hydrogens (tertiary/aromatic N) is 5. The number of benzene rings is 1. The molecule has 4 N–H and O–H groups in total. The zero-order valence-corrected chi connectivity index (χ0v) is 38.3. The van der Waals surface area contributed by atoms with E-state index < -0.39 is 87.2 Å². The minimum atomic E-state index is -5.09. The van der Waals surface area contributed by atoms with Gasteiger partial charge in [0.1, 0.15) is 46.7 Å². The third-order valence-electron chi connectivity index (χ3n) is 8.64. The molecule has 4 heterocycles. The Morgan fingerprint density at radius 2 is 1.63 bits per heavy atom. The number of likely N-dealkylation sites (tertiary alicyclic amines) is 1. The van der Waals surface area contributed by atoms with Crippen LogP contribution in [0.15, 0.2) is 41.0 Å². The van der Waals surface area contributed by atoms with E-state index in [1.54, 1.807) is 97.7 Å². The summed E-state index contributed by atoms with van der Waals surface area (Å²) in [5.41, 5.74) is -4.69. The summed E-state index contributed by atoms with van der Waals surface area (Å²) < 4.78 is 58.5. The summed E-state index contributed by atoms with van der Waals surface area (Å²) >= 11 is 0.888. The van der Waals surface area contributed by atoms with E-state index in [0.717, 1.165) is 22.1 Å². The number of carbonyl (C=O) groups excluding carboxylic acids is 5. The number of carbonyl (C=O) groups is 5. The number of hydrogen-bond donors (Lipinski definition) is 4. The Bertz CT molecular complexity index is 2380. The Morgan fingerprint density at radius 3 is 2.24 bits per heavy atom. The highest BCUT2D eigenvalue weighted by Gasteiger charge is 2.58. The molecule has 0 saturated carbocycles. The van der Waals surface area contributed by atoms with E-state index in [0.29, 0.717) is 29.7 Å². The Hall–Kier alpha value is -5.85. The Morgan fingerprint density at radius 1 is 0.984 bits per heavy atom. The van der Waals surface area contributed by atoms with Gasteiger partial charge < -0.3 is 39.3 Å². The first-order valence-electron chi connectivity index (χ1n) is 19.5. The molecule has 0 aliphatic carbocycles. The molecule has 1 unspecified atom stereocenters. The number of anilines is 2. The normalized spacial score (nSPS) is 17.5. The van der Waals surface area contributed by atoms with E-state index in [4.69, 9.17) is 28.3 Å². The van der Waals surface area contributed by atoms with E-state index in [1.807, 2.05) is 0 Å². The first-order chi connectivity index (χ1) is 29.0. The lowest BCUT2D eigenvalue weighted by Crippen LogP contribution is -2.76. The molecule has 2 aliphatic rings. The van der Waals surface area contributed by atoms with Gasteiger partial charge in [-0.1, -0.05) is 5.16 Å². The minimum absolute atomic E-state index is 0.0140. The third-order valence-corrected chi connectivity index (χ3v) is 9.74. The van der Waals surface area contributed by atoms with Crippen molar-refractivity contribution in [2.24, 2.45) is 5.16 Å². The van der Waals surface area contributed by atoms with Crippen LogP contribution in [0.25, 0.3) is 10.8 Å². The van der Waals surface area contributed by atoms with E-state index >= 15 is 0 Å². The van der Waals surface area contributed by atoms with Gasteiger partial charge in [-0.2, -0.15) is 13.5 Å². The molecule has 3 aromatic rings. The lowest BCUT2D eigenvalue weighted by Gasteiger charge is -2.50. The largest absolute Gasteiger partial charge is 0.489 e. The van der Waals surface area contributed by atoms with Gasteiger partial charge in [0, 0.05) is 30.1 Å². The van der Waals surface area contributed by atoms with Gasteiger partial charge in [0.2, 0.25) is 0 Å². The molecule has 1 aromatic carbocycles. The molecule has 2 aliphatic heterocycles. The van der Waals surface area contributed by atoms with Gasteiger partial charge in [-0.15, -0.1) is 15.6 Å². The minimum Gasteiger partial charge on any atom is -0.489 e. The van der Waals surface area contributed by atoms with Crippen LogP contribution < -0.4 is 20.7 Å². The van der Waals surface area contributed by atoms with E-state index in [9.17, 15) is 32.4 Å². The predicted molar refractivity (Wildman–Crippen MR) is 227 cm³/mol. The fourth-order valence-corrected chi connectivity index (χ4v) is 6.99. The van der Waals surface area contributed by atoms with Crippen LogP contribution in [-0.2, 0) is 48.1 Å². The van der Waals surface area contributed by atoms with Crippen LogP contribution in [0, 0.1) is 0 Å². The van der Waals surface area contributed by atoms with Crippen molar-refractivity contribution in [2.75, 3.05) is 30.3 Å². The average molecular weight is 921 g/mol. The van der Waals surface area contributed by atoms with Crippen LogP contribution in [0.4, 0.5) is 20.5 Å². The van der Waals surface area contributed by atoms with Crippen LogP contribution >= 0.6 is 11.3 Å². The highest BCUT2D eigenvalue weighted by molar-refractivity contribution is 7.80. The van der Waals surface area contributed by atoms with Crippen LogP contribution in [0.1, 0.15) is 81.9 Å². The van der Waals surface area contributed by atoms with Gasteiger partial charge in [0.05, 0.1) is 11.6 Å². The van der Waals surface area contributed by atoms with Crippen LogP contribution in [-0.4, -0.2) is 129 Å². The predicted octanol–water partition coefficient (Wildman–Crippen LogP) is 4.42. The zero-order valence-electron chi connectivity index (χ0n) is 36.6. The summed E-state index contributed by atoms with van der Waals surface area (Å²) in [6.45, 7) is 18.4. The second kappa shape index (κ2) is 18.1. The number of rotatable bonds is 14. The van der Waals surface area contributed by atoms with E-state index in [2.05, 4.69) is 35.4 Å². The van der Waals surface area contributed by atoms with Crippen LogP contribution in [0.2, 0.25) is 0 Å². The number of ether oxygens (including phenoxy) is 4. The first kappa shape index (κ1) is 48.2. The maximum atomic E-state index is 13.9. The fourth-order valence-electron chi connectivity index (χ4n) is 5.85. The van der Waals surface area contributed by atoms with Crippen LogP contribution in [0.3, 0.4) is 0 Å². The number of nitrogens with one attached hydrogen (secondary N) is 3. The van der Waals surface area contributed by atoms with Crippen molar-refractivity contribution in [1.82, 2.24) is 25.2 Å². The number of thiazole rings is 1. The molecule has 4 amide bonds. The van der Waals surface area contributed by atoms with Crippen LogP contribution in [0.5, 0.6) is 5.75 Å². The standard InChI is InChI=1S/C39H52N8O14S2/c1-36(2,3)57-32(50)26(19-56-23-12-13-24-21(16-23)14-15-40-29(24)41-22-17-46(18-22)35(52)59-38(7,8)9)60-45-27(25-20-62-33(42-25)44-34(51)58-37(4,5)6)30(48)43-28-31(49)47(39(28,10)11)61-63(53,54)55/h12-16,20,22,26,28H,17-19H2,1-11H3,(H,40,41)(H,43,48)(H,42,44,51)(H,53,54,55)/b45-27-/t26-,28?/m0/s1. The summed E-state index contributed by atoms with van der Waals surface area (Å²) in [5, 5.41) is 15.4. The topological polar surface area (TPSA) is 276 Å². The van der Waals surface area contributed by atoms with Crippen molar-refractivity contribution in [3.8, 4) is 5.75 Å². The number of fused-ring (bicyclic) bond motifs is 1. The van der Waals surface area contributed by atoms with Crippen molar-refractivity contribution >= 4 is 79.1 Å². The number of hydrogen-bond acceptors (Lipinski definition) is 18. The molecule has 2 aromatic heterocycles. The summed E-state index contributed by atoms with van der Waals surface area (Å²) in [6, 6.07) is 5.44. The molecule has 63 heavy (non-hydrogen) atoms.